The number of nitrogens with one attached hydrogen (secondary N) is 1. The Morgan fingerprint density at radius 2 is 1.90 bits per heavy atom. The number of aromatic nitrogens is 5. The number of rotatable bonds is 3. The molecule has 144 valence electrons. The van der Waals surface area contributed by atoms with Crippen LogP contribution in [0.1, 0.15) is 10.4 Å². The van der Waals surface area contributed by atoms with Crippen LogP contribution in [0.4, 0.5) is 5.95 Å². The van der Waals surface area contributed by atoms with Gasteiger partial charge in [0.25, 0.3) is 5.91 Å². The molecule has 0 atom stereocenters. The summed E-state index contributed by atoms with van der Waals surface area (Å²) in [6, 6.07) is 13.5. The normalized spacial score (nSPS) is 14.3. The zero-order chi connectivity index (χ0) is 19.6. The number of fused-ring (bicyclic) bond motifs is 1. The van der Waals surface area contributed by atoms with E-state index in [1.54, 1.807) is 12.4 Å². The van der Waals surface area contributed by atoms with E-state index >= 15 is 0 Å². The Labute approximate surface area is 167 Å². The van der Waals surface area contributed by atoms with Crippen LogP contribution in [0, 0.1) is 0 Å². The van der Waals surface area contributed by atoms with Gasteiger partial charge in [0, 0.05) is 49.5 Å². The van der Waals surface area contributed by atoms with Crippen LogP contribution in [0.15, 0.2) is 61.2 Å². The zero-order valence-corrected chi connectivity index (χ0v) is 15.7. The van der Waals surface area contributed by atoms with Gasteiger partial charge in [0.05, 0.1) is 16.8 Å². The number of anilines is 1. The number of pyridine rings is 2. The molecule has 4 aromatic rings. The Kier molecular flexibility index (Phi) is 4.36. The molecule has 1 fully saturated rings. The van der Waals surface area contributed by atoms with E-state index in [2.05, 4.69) is 25.1 Å². The number of amides is 1. The number of H-pyrrole nitrogens is 1. The highest BCUT2D eigenvalue weighted by Gasteiger charge is 2.25. The fourth-order valence-corrected chi connectivity index (χ4v) is 3.66. The van der Waals surface area contributed by atoms with Gasteiger partial charge >= 0.3 is 0 Å². The third-order valence-electron chi connectivity index (χ3n) is 5.17. The molecule has 8 heteroatoms. The van der Waals surface area contributed by atoms with Crippen LogP contribution in [0.25, 0.3) is 22.2 Å². The molecular weight excluding hydrogens is 366 g/mol. The summed E-state index contributed by atoms with van der Waals surface area (Å²) in [5.41, 5.74) is 3.11. The molecule has 1 aliphatic rings. The van der Waals surface area contributed by atoms with E-state index in [1.165, 1.54) is 6.33 Å². The molecule has 0 radical (unpaired) electrons. The lowest BCUT2D eigenvalue weighted by Gasteiger charge is -2.34. The molecule has 0 aliphatic carbocycles. The number of piperazine rings is 1. The van der Waals surface area contributed by atoms with Crippen molar-refractivity contribution in [2.75, 3.05) is 31.1 Å². The van der Waals surface area contributed by atoms with Gasteiger partial charge in [-0.25, -0.2) is 10.1 Å². The summed E-state index contributed by atoms with van der Waals surface area (Å²) >= 11 is 0. The molecule has 0 spiro atoms. The van der Waals surface area contributed by atoms with Gasteiger partial charge in [-0.1, -0.05) is 18.2 Å². The highest BCUT2D eigenvalue weighted by atomic mass is 16.2. The average molecular weight is 385 g/mol. The molecule has 3 aromatic heterocycles. The molecule has 0 saturated carbocycles. The summed E-state index contributed by atoms with van der Waals surface area (Å²) in [6.07, 6.45) is 4.99. The van der Waals surface area contributed by atoms with Crippen molar-refractivity contribution < 1.29 is 4.79 Å². The first-order valence-electron chi connectivity index (χ1n) is 9.49. The second-order valence-corrected chi connectivity index (χ2v) is 6.90. The van der Waals surface area contributed by atoms with Crippen molar-refractivity contribution in [3.8, 4) is 11.3 Å². The van der Waals surface area contributed by atoms with Crippen LogP contribution in [0.2, 0.25) is 0 Å². The summed E-state index contributed by atoms with van der Waals surface area (Å²) in [5.74, 6) is 0.760. The highest BCUT2D eigenvalue weighted by molar-refractivity contribution is 6.07. The topological polar surface area (TPSA) is 90.9 Å². The maximum Gasteiger partial charge on any atom is 0.254 e. The predicted molar refractivity (Wildman–Crippen MR) is 109 cm³/mol. The van der Waals surface area contributed by atoms with Crippen molar-refractivity contribution in [2.45, 2.75) is 0 Å². The molecule has 1 saturated heterocycles. The number of hydrogen-bond donors (Lipinski definition) is 1. The number of carbonyl (C=O) groups is 1. The smallest absolute Gasteiger partial charge is 0.254 e. The lowest BCUT2D eigenvalue weighted by Crippen LogP contribution is -2.49. The van der Waals surface area contributed by atoms with E-state index < -0.39 is 0 Å². The van der Waals surface area contributed by atoms with Gasteiger partial charge in [-0.15, -0.1) is 0 Å². The van der Waals surface area contributed by atoms with Gasteiger partial charge in [-0.05, 0) is 24.3 Å². The summed E-state index contributed by atoms with van der Waals surface area (Å²) in [6.45, 7) is 2.66. The maximum atomic E-state index is 13.4. The first-order valence-corrected chi connectivity index (χ1v) is 9.49. The van der Waals surface area contributed by atoms with Crippen LogP contribution < -0.4 is 4.90 Å². The number of para-hydroxylation sites is 1. The molecule has 5 rings (SSSR count). The van der Waals surface area contributed by atoms with Crippen molar-refractivity contribution >= 4 is 22.8 Å². The van der Waals surface area contributed by atoms with Crippen molar-refractivity contribution in [2.24, 2.45) is 0 Å². The SMILES string of the molecule is O=C(c1cc(-c2cccnc2)nc2ccccc12)N1CCN(c2ncn[nH]2)CC1. The predicted octanol–water partition coefficient (Wildman–Crippen LogP) is 2.38. The molecule has 1 N–H and O–H groups in total. The number of hydrogen-bond acceptors (Lipinski definition) is 6. The molecule has 29 heavy (non-hydrogen) atoms. The maximum absolute atomic E-state index is 13.4. The van der Waals surface area contributed by atoms with E-state index in [9.17, 15) is 4.79 Å². The van der Waals surface area contributed by atoms with Gasteiger partial charge in [-0.2, -0.15) is 10.1 Å². The monoisotopic (exact) mass is 385 g/mol. The van der Waals surface area contributed by atoms with E-state index in [4.69, 9.17) is 4.98 Å². The quantitative estimate of drug-likeness (QED) is 0.582. The standard InChI is InChI=1S/C21H19N7O/c29-20(27-8-10-28(11-9-27)21-23-14-24-26-21)17-12-19(15-4-3-7-22-13-15)25-18-6-2-1-5-16(17)18/h1-7,12-14H,8-11H2,(H,23,24,26). The van der Waals surface area contributed by atoms with Crippen LogP contribution >= 0.6 is 0 Å². The third kappa shape index (κ3) is 3.29. The molecule has 0 bridgehead atoms. The fourth-order valence-electron chi connectivity index (χ4n) is 3.66. The highest BCUT2D eigenvalue weighted by Crippen LogP contribution is 2.26. The van der Waals surface area contributed by atoms with Gasteiger partial charge in [0.2, 0.25) is 5.95 Å². The summed E-state index contributed by atoms with van der Waals surface area (Å²) in [7, 11) is 0. The molecule has 8 nitrogen and oxygen atoms in total. The van der Waals surface area contributed by atoms with Crippen molar-refractivity contribution in [1.82, 2.24) is 30.0 Å². The molecule has 1 aromatic carbocycles. The van der Waals surface area contributed by atoms with Gasteiger partial charge in [-0.3, -0.25) is 9.78 Å². The van der Waals surface area contributed by atoms with Gasteiger partial charge in [0.1, 0.15) is 6.33 Å². The zero-order valence-electron chi connectivity index (χ0n) is 15.7. The second kappa shape index (κ2) is 7.31. The molecule has 0 unspecified atom stereocenters. The summed E-state index contributed by atoms with van der Waals surface area (Å²) in [4.78, 5) is 30.5. The van der Waals surface area contributed by atoms with Crippen LogP contribution in [0.3, 0.4) is 0 Å². The third-order valence-corrected chi connectivity index (χ3v) is 5.17. The number of carbonyl (C=O) groups excluding carboxylic acids is 1. The number of nitrogens with zero attached hydrogens (tertiary/aromatic N) is 6. The number of aromatic amines is 1. The van der Waals surface area contributed by atoms with Crippen LogP contribution in [-0.4, -0.2) is 62.1 Å². The second-order valence-electron chi connectivity index (χ2n) is 6.90. The van der Waals surface area contributed by atoms with Crippen molar-refractivity contribution in [1.29, 1.82) is 0 Å². The molecular formula is C21H19N7O. The van der Waals surface area contributed by atoms with E-state index in [0.29, 0.717) is 31.7 Å². The minimum absolute atomic E-state index is 0.0194. The fraction of sp³-hybridized carbons (Fsp3) is 0.190. The Morgan fingerprint density at radius 3 is 2.66 bits per heavy atom. The Balaban J connectivity index is 1.47. The average Bonchev–Trinajstić information content (AvgIpc) is 3.34. The summed E-state index contributed by atoms with van der Waals surface area (Å²) < 4.78 is 0. The van der Waals surface area contributed by atoms with E-state index in [0.717, 1.165) is 28.1 Å². The minimum Gasteiger partial charge on any atom is -0.338 e. The minimum atomic E-state index is 0.0194. The van der Waals surface area contributed by atoms with E-state index in [-0.39, 0.29) is 5.91 Å². The summed E-state index contributed by atoms with van der Waals surface area (Å²) in [5, 5.41) is 7.64. The lowest BCUT2D eigenvalue weighted by molar-refractivity contribution is 0.0748. The van der Waals surface area contributed by atoms with Gasteiger partial charge < -0.3 is 9.80 Å². The van der Waals surface area contributed by atoms with Crippen LogP contribution in [0.5, 0.6) is 0 Å². The molecule has 1 aliphatic heterocycles. The Bertz CT molecular complexity index is 1140. The number of benzene rings is 1. The van der Waals surface area contributed by atoms with Crippen molar-refractivity contribution in [3.05, 3.63) is 66.7 Å². The van der Waals surface area contributed by atoms with E-state index in [1.807, 2.05) is 47.4 Å². The first kappa shape index (κ1) is 17.3. The Hall–Kier alpha value is -3.81. The van der Waals surface area contributed by atoms with Gasteiger partial charge in [0.15, 0.2) is 0 Å². The van der Waals surface area contributed by atoms with Crippen molar-refractivity contribution in [3.63, 3.8) is 0 Å². The molecule has 4 heterocycles. The van der Waals surface area contributed by atoms with Crippen LogP contribution in [-0.2, 0) is 0 Å². The molecule has 1 amide bonds. The Morgan fingerprint density at radius 1 is 1.03 bits per heavy atom. The first-order chi connectivity index (χ1) is 14.3. The lowest BCUT2D eigenvalue weighted by atomic mass is 10.0. The largest absolute Gasteiger partial charge is 0.338 e.